The number of hydrogen-bond acceptors (Lipinski definition) is 7. The minimum Gasteiger partial charge on any atom is -0.363 e. The summed E-state index contributed by atoms with van der Waals surface area (Å²) < 4.78 is 25.6. The van der Waals surface area contributed by atoms with Crippen molar-refractivity contribution in [1.29, 1.82) is 0 Å². The van der Waals surface area contributed by atoms with Crippen LogP contribution in [0.1, 0.15) is 65.0 Å². The molecule has 0 aromatic heterocycles. The molecule has 0 radical (unpaired) electrons. The number of ketones is 1. The van der Waals surface area contributed by atoms with Gasteiger partial charge in [0.15, 0.2) is 0 Å². The molecule has 1 aliphatic heterocycles. The number of fused-ring (bicyclic) bond motifs is 2. The highest BCUT2D eigenvalue weighted by molar-refractivity contribution is 7.88. The standard InChI is InChI=1S/C35H52N6O7S/c1-34(2,3)25(18-40(6)49(7,47)48)38-33(46)39-27(22-15-20-10-8-9-11-21(20)16-22)32(45)41-17-23-26(35(23,4)5)28(41)31(44)37-24(14-19-12-13-19)29(42)30(36)43/h8-11,19,22-28H,12-18H2,1-7H3,(H2,36,43)(H,37,44)(H2,38,39,46)/t23-,24?,25+,26-,27-,28-/m0/s1. The molecule has 3 aliphatic carbocycles. The van der Waals surface area contributed by atoms with Gasteiger partial charge in [-0.15, -0.1) is 0 Å². The number of nitrogens with zero attached hydrogens (tertiary/aromatic N) is 2. The van der Waals surface area contributed by atoms with Crippen molar-refractivity contribution in [3.63, 3.8) is 0 Å². The first-order valence-electron chi connectivity index (χ1n) is 17.2. The number of carbonyl (C=O) groups is 5. The van der Waals surface area contributed by atoms with Gasteiger partial charge in [0.1, 0.15) is 12.1 Å². The number of likely N-dealkylation sites (tertiary alicyclic amines) is 1. The van der Waals surface area contributed by atoms with Gasteiger partial charge in [0.2, 0.25) is 27.6 Å². The molecule has 1 heterocycles. The molecular weight excluding hydrogens is 648 g/mol. The quantitative estimate of drug-likeness (QED) is 0.223. The highest BCUT2D eigenvalue weighted by Gasteiger charge is 2.70. The Hall–Kier alpha value is -3.52. The first-order chi connectivity index (χ1) is 22.7. The summed E-state index contributed by atoms with van der Waals surface area (Å²) in [6.45, 7) is 10.1. The van der Waals surface area contributed by atoms with Gasteiger partial charge in [-0.1, -0.05) is 71.7 Å². The number of hydrogen-bond donors (Lipinski definition) is 4. The third-order valence-corrected chi connectivity index (χ3v) is 12.6. The number of benzene rings is 1. The molecule has 2 saturated carbocycles. The average molecular weight is 701 g/mol. The van der Waals surface area contributed by atoms with Crippen LogP contribution in [-0.4, -0.2) is 97.7 Å². The van der Waals surface area contributed by atoms with Crippen LogP contribution in [0.4, 0.5) is 4.79 Å². The number of rotatable bonds is 13. The lowest BCUT2D eigenvalue weighted by atomic mass is 9.86. The highest BCUT2D eigenvalue weighted by atomic mass is 32.2. The van der Waals surface area contributed by atoms with Crippen LogP contribution in [-0.2, 0) is 42.0 Å². The molecule has 1 aromatic carbocycles. The van der Waals surface area contributed by atoms with Gasteiger partial charge in [0.25, 0.3) is 5.91 Å². The molecule has 6 atom stereocenters. The number of amides is 5. The third kappa shape index (κ3) is 7.95. The third-order valence-electron chi connectivity index (χ3n) is 11.4. The molecule has 5 amide bonds. The molecule has 5 rings (SSSR count). The molecule has 1 unspecified atom stereocenters. The largest absolute Gasteiger partial charge is 0.363 e. The zero-order valence-electron chi connectivity index (χ0n) is 29.6. The first kappa shape index (κ1) is 36.8. The van der Waals surface area contributed by atoms with E-state index in [2.05, 4.69) is 29.8 Å². The Balaban J connectivity index is 1.40. The molecule has 1 saturated heterocycles. The molecule has 13 nitrogen and oxygen atoms in total. The van der Waals surface area contributed by atoms with E-state index in [1.54, 1.807) is 4.90 Å². The fourth-order valence-corrected chi connectivity index (χ4v) is 8.24. The van der Waals surface area contributed by atoms with E-state index in [1.807, 2.05) is 45.0 Å². The lowest BCUT2D eigenvalue weighted by Crippen LogP contribution is -2.61. The lowest BCUT2D eigenvalue weighted by molar-refractivity contribution is -0.144. The van der Waals surface area contributed by atoms with Crippen LogP contribution in [0.2, 0.25) is 0 Å². The topological polar surface area (TPSA) is 188 Å². The zero-order chi connectivity index (χ0) is 36.2. The summed E-state index contributed by atoms with van der Waals surface area (Å²) in [6, 6.07) is 3.74. The van der Waals surface area contributed by atoms with Gasteiger partial charge in [-0.25, -0.2) is 17.5 Å². The molecule has 1 aromatic rings. The number of primary amides is 1. The van der Waals surface area contributed by atoms with E-state index in [1.165, 1.54) is 11.4 Å². The second-order valence-corrected chi connectivity index (χ2v) is 18.4. The number of piperidine rings is 1. The predicted molar refractivity (Wildman–Crippen MR) is 183 cm³/mol. The first-order valence-corrected chi connectivity index (χ1v) is 19.0. The second kappa shape index (κ2) is 13.3. The minimum atomic E-state index is -3.52. The number of nitrogens with one attached hydrogen (secondary N) is 3. The second-order valence-electron chi connectivity index (χ2n) is 16.4. The van der Waals surface area contributed by atoms with Crippen molar-refractivity contribution in [2.45, 2.75) is 90.9 Å². The van der Waals surface area contributed by atoms with Crippen LogP contribution in [0.3, 0.4) is 0 Å². The fourth-order valence-electron chi connectivity index (χ4n) is 7.82. The maximum absolute atomic E-state index is 14.7. The molecule has 14 heteroatoms. The number of nitrogens with two attached hydrogens (primary N) is 1. The zero-order valence-corrected chi connectivity index (χ0v) is 30.4. The Morgan fingerprint density at radius 3 is 2.12 bits per heavy atom. The maximum atomic E-state index is 14.7. The van der Waals surface area contributed by atoms with E-state index in [0.29, 0.717) is 25.8 Å². The Labute approximate surface area is 289 Å². The van der Waals surface area contributed by atoms with Gasteiger partial charge < -0.3 is 26.6 Å². The van der Waals surface area contributed by atoms with Gasteiger partial charge in [-0.3, -0.25) is 19.2 Å². The summed E-state index contributed by atoms with van der Waals surface area (Å²) >= 11 is 0. The van der Waals surface area contributed by atoms with Crippen molar-refractivity contribution in [2.75, 3.05) is 26.4 Å². The number of carbonyl (C=O) groups excluding carboxylic acids is 5. The molecule has 5 N–H and O–H groups in total. The van der Waals surface area contributed by atoms with Crippen molar-refractivity contribution < 1.29 is 32.4 Å². The minimum absolute atomic E-state index is 0.0299. The van der Waals surface area contributed by atoms with E-state index < -0.39 is 69.1 Å². The number of urea groups is 1. The lowest BCUT2D eigenvalue weighted by Gasteiger charge is -2.37. The van der Waals surface area contributed by atoms with E-state index in [4.69, 9.17) is 5.73 Å². The van der Waals surface area contributed by atoms with Crippen LogP contribution in [0.5, 0.6) is 0 Å². The van der Waals surface area contributed by atoms with Gasteiger partial charge in [-0.05, 0) is 64.9 Å². The van der Waals surface area contributed by atoms with Crippen LogP contribution < -0.4 is 21.7 Å². The fraction of sp³-hybridized carbons (Fsp3) is 0.686. The smallest absolute Gasteiger partial charge is 0.315 e. The number of sulfonamides is 1. The molecule has 3 fully saturated rings. The Kier molecular flexibility index (Phi) is 9.98. The van der Waals surface area contributed by atoms with Crippen LogP contribution in [0, 0.1) is 34.5 Å². The predicted octanol–water partition coefficient (Wildman–Crippen LogP) is 1.20. The van der Waals surface area contributed by atoms with Crippen LogP contribution >= 0.6 is 0 Å². The van der Waals surface area contributed by atoms with E-state index >= 15 is 0 Å². The molecule has 0 spiro atoms. The SMILES string of the molecule is CN(C[C@@H](NC(=O)N[C@H](C(=O)N1C[C@H]2[C@@H]([C@H]1C(=O)NC(CC1CC1)C(=O)C(N)=O)C2(C)C)C1Cc2ccccc2C1)C(C)(C)C)S(C)(=O)=O. The Morgan fingerprint density at radius 1 is 1.02 bits per heavy atom. The summed E-state index contributed by atoms with van der Waals surface area (Å²) in [5, 5.41) is 8.67. The van der Waals surface area contributed by atoms with Crippen LogP contribution in [0.15, 0.2) is 24.3 Å². The van der Waals surface area contributed by atoms with E-state index in [-0.39, 0.29) is 35.6 Å². The molecule has 0 bridgehead atoms. The van der Waals surface area contributed by atoms with Crippen molar-refractivity contribution in [1.82, 2.24) is 25.2 Å². The highest BCUT2D eigenvalue weighted by Crippen LogP contribution is 2.65. The molecule has 270 valence electrons. The molecular formula is C35H52N6O7S. The Bertz CT molecular complexity index is 1590. The van der Waals surface area contributed by atoms with Crippen molar-refractivity contribution >= 4 is 39.6 Å². The maximum Gasteiger partial charge on any atom is 0.315 e. The van der Waals surface area contributed by atoms with Gasteiger partial charge in [-0.2, -0.15) is 0 Å². The van der Waals surface area contributed by atoms with Crippen LogP contribution in [0.25, 0.3) is 0 Å². The van der Waals surface area contributed by atoms with E-state index in [0.717, 1.165) is 30.2 Å². The summed E-state index contributed by atoms with van der Waals surface area (Å²) in [5.74, 6) is -3.03. The molecule has 49 heavy (non-hydrogen) atoms. The number of Topliss-reactive ketones (excluding diaryl/α,β-unsaturated/α-hetero) is 1. The van der Waals surface area contributed by atoms with Crippen molar-refractivity contribution in [2.24, 2.45) is 40.2 Å². The summed E-state index contributed by atoms with van der Waals surface area (Å²) in [5.41, 5.74) is 6.77. The van der Waals surface area contributed by atoms with Crippen molar-refractivity contribution in [3.05, 3.63) is 35.4 Å². The normalized spacial score (nSPS) is 24.7. The van der Waals surface area contributed by atoms with Crippen molar-refractivity contribution in [3.8, 4) is 0 Å². The van der Waals surface area contributed by atoms with Gasteiger partial charge in [0, 0.05) is 26.2 Å². The summed E-state index contributed by atoms with van der Waals surface area (Å²) in [7, 11) is -2.06. The van der Waals surface area contributed by atoms with Gasteiger partial charge in [0.05, 0.1) is 12.3 Å². The molecule has 4 aliphatic rings. The monoisotopic (exact) mass is 700 g/mol. The number of likely N-dealkylation sites (N-methyl/N-ethyl adjacent to an activating group) is 1. The average Bonchev–Trinajstić information content (AvgIpc) is 3.75. The van der Waals surface area contributed by atoms with E-state index in [9.17, 15) is 32.4 Å². The Morgan fingerprint density at radius 2 is 1.61 bits per heavy atom. The summed E-state index contributed by atoms with van der Waals surface area (Å²) in [4.78, 5) is 68.6. The van der Waals surface area contributed by atoms with Gasteiger partial charge >= 0.3 is 6.03 Å². The summed E-state index contributed by atoms with van der Waals surface area (Å²) in [6.07, 6.45) is 4.33.